The average Bonchev–Trinajstić information content (AvgIpc) is 3.33. The molecule has 1 aliphatic carbocycles. The lowest BCUT2D eigenvalue weighted by Crippen LogP contribution is -2.12. The number of hydrogen-bond donors (Lipinski definition) is 1. The predicted octanol–water partition coefficient (Wildman–Crippen LogP) is 2.84. The third-order valence-corrected chi connectivity index (χ3v) is 4.08. The maximum atomic E-state index is 13.9. The maximum absolute atomic E-state index is 13.9. The van der Waals surface area contributed by atoms with Crippen molar-refractivity contribution in [3.05, 3.63) is 69.8 Å². The number of halogens is 2. The zero-order chi connectivity index (χ0) is 16.7. The Morgan fingerprint density at radius 2 is 2.00 bits per heavy atom. The highest BCUT2D eigenvalue weighted by atomic mass is 19.1. The van der Waals surface area contributed by atoms with Crippen LogP contribution < -0.4 is 5.56 Å². The van der Waals surface area contributed by atoms with Gasteiger partial charge in [0.25, 0.3) is 5.56 Å². The van der Waals surface area contributed by atoms with Crippen LogP contribution in [0.15, 0.2) is 41.3 Å². The highest BCUT2D eigenvalue weighted by Crippen LogP contribution is 2.41. The quantitative estimate of drug-likeness (QED) is 0.801. The fraction of sp³-hybridized carbons (Fsp3) is 0.235. The molecule has 0 aliphatic heterocycles. The molecule has 0 bridgehead atoms. The highest BCUT2D eigenvalue weighted by Gasteiger charge is 2.29. The van der Waals surface area contributed by atoms with Gasteiger partial charge in [0.1, 0.15) is 11.5 Å². The molecule has 1 aliphatic rings. The molecule has 0 unspecified atom stereocenters. The molecule has 4 rings (SSSR count). The number of H-pyrrole nitrogens is 1. The van der Waals surface area contributed by atoms with E-state index in [0.29, 0.717) is 23.7 Å². The molecule has 0 spiro atoms. The molecule has 3 aromatic rings. The summed E-state index contributed by atoms with van der Waals surface area (Å²) in [6.45, 7) is 0.296. The van der Waals surface area contributed by atoms with Gasteiger partial charge in [-0.05, 0) is 25.0 Å². The van der Waals surface area contributed by atoms with E-state index in [-0.39, 0.29) is 11.6 Å². The van der Waals surface area contributed by atoms with Crippen LogP contribution in [0.3, 0.4) is 0 Å². The Hall–Kier alpha value is -2.83. The van der Waals surface area contributed by atoms with Crippen molar-refractivity contribution in [1.29, 1.82) is 0 Å². The summed E-state index contributed by atoms with van der Waals surface area (Å²) in [6.07, 6.45) is 2.98. The molecule has 1 aromatic carbocycles. The van der Waals surface area contributed by atoms with Gasteiger partial charge in [0, 0.05) is 17.2 Å². The first kappa shape index (κ1) is 14.7. The summed E-state index contributed by atoms with van der Waals surface area (Å²) in [4.78, 5) is 17.7. The Balaban J connectivity index is 1.74. The zero-order valence-corrected chi connectivity index (χ0v) is 12.7. The number of rotatable bonds is 4. The highest BCUT2D eigenvalue weighted by molar-refractivity contribution is 5.50. The van der Waals surface area contributed by atoms with Gasteiger partial charge in [-0.2, -0.15) is 9.49 Å². The Labute approximate surface area is 136 Å². The third-order valence-electron chi connectivity index (χ3n) is 4.08. The average molecular weight is 328 g/mol. The van der Waals surface area contributed by atoms with Crippen molar-refractivity contribution in [1.82, 2.24) is 19.7 Å². The minimum absolute atomic E-state index is 0.204. The van der Waals surface area contributed by atoms with Crippen LogP contribution in [0.5, 0.6) is 0 Å². The summed E-state index contributed by atoms with van der Waals surface area (Å²) < 4.78 is 28.7. The lowest BCUT2D eigenvalue weighted by atomic mass is 10.2. The smallest absolute Gasteiger partial charge is 0.287 e. The van der Waals surface area contributed by atoms with E-state index in [1.807, 2.05) is 6.07 Å². The minimum Gasteiger partial charge on any atom is -0.303 e. The molecule has 122 valence electrons. The normalized spacial score (nSPS) is 14.1. The van der Waals surface area contributed by atoms with Crippen LogP contribution in [0.2, 0.25) is 0 Å². The predicted molar refractivity (Wildman–Crippen MR) is 83.5 cm³/mol. The molecule has 0 atom stereocenters. The minimum atomic E-state index is -0.938. The molecule has 2 aromatic heterocycles. The van der Waals surface area contributed by atoms with Gasteiger partial charge in [0.15, 0.2) is 5.82 Å². The molecule has 24 heavy (non-hydrogen) atoms. The number of benzene rings is 1. The van der Waals surface area contributed by atoms with Gasteiger partial charge in [-0.25, -0.2) is 9.37 Å². The molecule has 0 amide bonds. The van der Waals surface area contributed by atoms with E-state index in [1.54, 1.807) is 22.9 Å². The van der Waals surface area contributed by atoms with Crippen molar-refractivity contribution in [3.63, 3.8) is 0 Å². The van der Waals surface area contributed by atoms with Crippen molar-refractivity contribution in [2.45, 2.75) is 25.3 Å². The van der Waals surface area contributed by atoms with Crippen LogP contribution in [0.1, 0.15) is 30.0 Å². The summed E-state index contributed by atoms with van der Waals surface area (Å²) >= 11 is 0. The van der Waals surface area contributed by atoms with Crippen LogP contribution in [0, 0.1) is 11.6 Å². The van der Waals surface area contributed by atoms with Crippen LogP contribution in [-0.4, -0.2) is 19.7 Å². The summed E-state index contributed by atoms with van der Waals surface area (Å²) in [5.74, 6) is -0.641. The van der Waals surface area contributed by atoms with Gasteiger partial charge in [0.2, 0.25) is 5.82 Å². The SMILES string of the molecule is O=c1[nH]c(-c2cc(C3CC3)n(Cc3ccccc3F)n2)ncc1F. The fourth-order valence-corrected chi connectivity index (χ4v) is 2.68. The standard InChI is InChI=1S/C17H14F2N4O/c18-12-4-2-1-3-11(12)9-23-15(10-5-6-10)7-14(22-23)16-20-8-13(19)17(24)21-16/h1-4,7-8,10H,5-6,9H2,(H,20,21,24). The van der Waals surface area contributed by atoms with E-state index in [0.717, 1.165) is 24.7 Å². The topological polar surface area (TPSA) is 63.6 Å². The zero-order valence-electron chi connectivity index (χ0n) is 12.7. The lowest BCUT2D eigenvalue weighted by molar-refractivity contribution is 0.575. The molecule has 5 nitrogen and oxygen atoms in total. The third kappa shape index (κ3) is 2.73. The molecule has 1 fully saturated rings. The van der Waals surface area contributed by atoms with Crippen molar-refractivity contribution < 1.29 is 8.78 Å². The first-order valence-corrected chi connectivity index (χ1v) is 7.68. The molecule has 7 heteroatoms. The van der Waals surface area contributed by atoms with Gasteiger partial charge in [-0.15, -0.1) is 0 Å². The van der Waals surface area contributed by atoms with Gasteiger partial charge < -0.3 is 4.98 Å². The van der Waals surface area contributed by atoms with E-state index in [9.17, 15) is 13.6 Å². The van der Waals surface area contributed by atoms with E-state index in [2.05, 4.69) is 15.1 Å². The van der Waals surface area contributed by atoms with Crippen molar-refractivity contribution in [3.8, 4) is 11.5 Å². The Morgan fingerprint density at radius 3 is 2.71 bits per heavy atom. The number of aromatic nitrogens is 4. The monoisotopic (exact) mass is 328 g/mol. The Kier molecular flexibility index (Phi) is 3.48. The molecular formula is C17H14F2N4O. The molecule has 2 heterocycles. The van der Waals surface area contributed by atoms with E-state index in [1.165, 1.54) is 6.07 Å². The van der Waals surface area contributed by atoms with Gasteiger partial charge >= 0.3 is 0 Å². The number of hydrogen-bond acceptors (Lipinski definition) is 3. The first-order valence-electron chi connectivity index (χ1n) is 7.68. The first-order chi connectivity index (χ1) is 11.6. The fourth-order valence-electron chi connectivity index (χ4n) is 2.68. The second-order valence-electron chi connectivity index (χ2n) is 5.89. The van der Waals surface area contributed by atoms with E-state index in [4.69, 9.17) is 0 Å². The molecule has 0 radical (unpaired) electrons. The summed E-state index contributed by atoms with van der Waals surface area (Å²) in [6, 6.07) is 8.37. The van der Waals surface area contributed by atoms with Crippen molar-refractivity contribution in [2.75, 3.05) is 0 Å². The molecule has 0 saturated heterocycles. The largest absolute Gasteiger partial charge is 0.303 e. The summed E-state index contributed by atoms with van der Waals surface area (Å²) in [7, 11) is 0. The van der Waals surface area contributed by atoms with Crippen LogP contribution in [0.4, 0.5) is 8.78 Å². The molecular weight excluding hydrogens is 314 g/mol. The second kappa shape index (κ2) is 5.67. The van der Waals surface area contributed by atoms with Crippen LogP contribution in [0.25, 0.3) is 11.5 Å². The summed E-state index contributed by atoms with van der Waals surface area (Å²) in [5.41, 5.74) is 1.12. The number of nitrogens with one attached hydrogen (secondary N) is 1. The second-order valence-corrected chi connectivity index (χ2v) is 5.89. The maximum Gasteiger partial charge on any atom is 0.287 e. The Bertz CT molecular complexity index is 959. The van der Waals surface area contributed by atoms with Crippen molar-refractivity contribution >= 4 is 0 Å². The lowest BCUT2D eigenvalue weighted by Gasteiger charge is -2.07. The van der Waals surface area contributed by atoms with Gasteiger partial charge in [-0.3, -0.25) is 9.48 Å². The van der Waals surface area contributed by atoms with Gasteiger partial charge in [-0.1, -0.05) is 18.2 Å². The molecule has 1 N–H and O–H groups in total. The number of aromatic amines is 1. The van der Waals surface area contributed by atoms with E-state index < -0.39 is 11.4 Å². The van der Waals surface area contributed by atoms with Gasteiger partial charge in [0.05, 0.1) is 12.7 Å². The van der Waals surface area contributed by atoms with Crippen molar-refractivity contribution in [2.24, 2.45) is 0 Å². The molecule has 1 saturated carbocycles. The van der Waals surface area contributed by atoms with E-state index >= 15 is 0 Å². The Morgan fingerprint density at radius 1 is 1.21 bits per heavy atom. The number of nitrogens with zero attached hydrogens (tertiary/aromatic N) is 3. The van der Waals surface area contributed by atoms with Crippen LogP contribution in [-0.2, 0) is 6.54 Å². The van der Waals surface area contributed by atoms with Crippen LogP contribution >= 0.6 is 0 Å². The summed E-state index contributed by atoms with van der Waals surface area (Å²) in [5, 5.41) is 4.44.